The highest BCUT2D eigenvalue weighted by molar-refractivity contribution is 6.33. The maximum absolute atomic E-state index is 6.44. The number of nitrogens with zero attached hydrogens (tertiary/aromatic N) is 4. The minimum absolute atomic E-state index is 0.263. The second-order valence-electron chi connectivity index (χ2n) is 7.39. The van der Waals surface area contributed by atoms with E-state index in [0.29, 0.717) is 29.5 Å². The van der Waals surface area contributed by atoms with E-state index in [9.17, 15) is 0 Å². The highest BCUT2D eigenvalue weighted by Gasteiger charge is 2.59. The van der Waals surface area contributed by atoms with Crippen LogP contribution in [0.1, 0.15) is 19.4 Å². The predicted molar refractivity (Wildman–Crippen MR) is 104 cm³/mol. The zero-order valence-electron chi connectivity index (χ0n) is 16.1. The molecule has 1 aromatic carbocycles. The molecule has 2 fully saturated rings. The number of halogens is 1. The molecule has 0 bridgehead atoms. The molecule has 152 valence electrons. The zero-order valence-corrected chi connectivity index (χ0v) is 16.8. The van der Waals surface area contributed by atoms with Crippen LogP contribution in [0.25, 0.3) is 11.2 Å². The summed E-state index contributed by atoms with van der Waals surface area (Å²) >= 11 is 6.17. The molecule has 2 aliphatic heterocycles. The summed E-state index contributed by atoms with van der Waals surface area (Å²) in [7, 11) is 0. The van der Waals surface area contributed by atoms with Crippen molar-refractivity contribution in [3.8, 4) is 0 Å². The lowest BCUT2D eigenvalue weighted by atomic mass is 10.0. The van der Waals surface area contributed by atoms with Crippen molar-refractivity contribution in [1.29, 1.82) is 0 Å². The lowest BCUT2D eigenvalue weighted by Gasteiger charge is -2.31. The molecule has 0 amide bonds. The van der Waals surface area contributed by atoms with Crippen LogP contribution in [0.15, 0.2) is 43.0 Å². The molecular weight excluding hydrogens is 396 g/mol. The second kappa shape index (κ2) is 7.30. The predicted octanol–water partition coefficient (Wildman–Crippen LogP) is 2.90. The molecule has 29 heavy (non-hydrogen) atoms. The first-order valence-corrected chi connectivity index (χ1v) is 9.88. The van der Waals surface area contributed by atoms with Crippen molar-refractivity contribution in [3.63, 3.8) is 0 Å². The van der Waals surface area contributed by atoms with E-state index in [4.69, 9.17) is 30.5 Å². The quantitative estimate of drug-likeness (QED) is 0.591. The molecular formula is C20H21ClN4O4. The van der Waals surface area contributed by atoms with Crippen molar-refractivity contribution in [3.05, 3.63) is 53.7 Å². The van der Waals surface area contributed by atoms with E-state index in [1.54, 1.807) is 6.33 Å². The molecule has 8 nitrogen and oxygen atoms in total. The third-order valence-electron chi connectivity index (χ3n) is 5.43. The third kappa shape index (κ3) is 3.21. The summed E-state index contributed by atoms with van der Waals surface area (Å²) in [5.74, 6) is 0. The molecule has 0 N–H and O–H groups in total. The lowest BCUT2D eigenvalue weighted by molar-refractivity contribution is -0.192. The highest BCUT2D eigenvalue weighted by atomic mass is 35.5. The average Bonchev–Trinajstić information content (AvgIpc) is 3.38. The molecule has 1 unspecified atom stereocenters. The maximum Gasteiger partial charge on any atom is 0.174 e. The Labute approximate surface area is 172 Å². The smallest absolute Gasteiger partial charge is 0.174 e. The molecule has 0 aliphatic carbocycles. The van der Waals surface area contributed by atoms with E-state index < -0.39 is 5.72 Å². The largest absolute Gasteiger partial charge is 0.374 e. The minimum Gasteiger partial charge on any atom is -0.374 e. The topological polar surface area (TPSA) is 80.5 Å². The molecule has 2 aromatic heterocycles. The van der Waals surface area contributed by atoms with Gasteiger partial charge in [-0.3, -0.25) is 4.57 Å². The highest BCUT2D eigenvalue weighted by Crippen LogP contribution is 2.44. The number of hydrogen-bond acceptors (Lipinski definition) is 7. The summed E-state index contributed by atoms with van der Waals surface area (Å²) in [5, 5.41) is 0.298. The van der Waals surface area contributed by atoms with E-state index in [1.165, 1.54) is 6.33 Å². The normalized spacial score (nSPS) is 31.4. The summed E-state index contributed by atoms with van der Waals surface area (Å²) < 4.78 is 26.3. The third-order valence-corrected chi connectivity index (χ3v) is 5.71. The van der Waals surface area contributed by atoms with Crippen molar-refractivity contribution in [2.45, 2.75) is 50.8 Å². The van der Waals surface area contributed by atoms with Gasteiger partial charge in [-0.2, -0.15) is 0 Å². The number of ether oxygens (including phenoxy) is 4. The van der Waals surface area contributed by atoms with E-state index in [-0.39, 0.29) is 24.6 Å². The Bertz CT molecular complexity index is 1020. The fraction of sp³-hybridized carbons (Fsp3) is 0.450. The van der Waals surface area contributed by atoms with E-state index in [1.807, 2.05) is 48.7 Å². The van der Waals surface area contributed by atoms with Gasteiger partial charge in [-0.05, 0) is 19.4 Å². The standard InChI is InChI=1S/C20H21ClN4O4/c1-12-27-16-14(9-26-8-13-6-4-3-5-7-13)29-20(2,17(16)28-12)25-11-24-15-18(21)22-10-23-19(15)25/h3-7,10-12,14,16-17H,8-9H2,1-2H3/t12?,14-,16-,17-,20-/m1/s1. The van der Waals surface area contributed by atoms with Crippen molar-refractivity contribution < 1.29 is 18.9 Å². The van der Waals surface area contributed by atoms with Gasteiger partial charge < -0.3 is 18.9 Å². The number of fused-ring (bicyclic) bond motifs is 2. The van der Waals surface area contributed by atoms with Crippen LogP contribution >= 0.6 is 11.6 Å². The zero-order chi connectivity index (χ0) is 20.0. The van der Waals surface area contributed by atoms with Gasteiger partial charge in [-0.25, -0.2) is 15.0 Å². The summed E-state index contributed by atoms with van der Waals surface area (Å²) in [6.07, 6.45) is 1.83. The SMILES string of the molecule is CC1O[C@H]2[C@@H](O1)[C@](C)(n1cnc3c(Cl)ncnc31)O[C@@H]2COCc1ccccc1. The molecule has 3 aromatic rings. The monoisotopic (exact) mass is 416 g/mol. The number of benzene rings is 1. The van der Waals surface area contributed by atoms with Gasteiger partial charge in [0.15, 0.2) is 22.8 Å². The Morgan fingerprint density at radius 2 is 2.00 bits per heavy atom. The van der Waals surface area contributed by atoms with Gasteiger partial charge in [0, 0.05) is 0 Å². The Hall–Kier alpha value is -2.10. The fourth-order valence-electron chi connectivity index (χ4n) is 4.08. The first-order chi connectivity index (χ1) is 14.1. The Balaban J connectivity index is 1.40. The van der Waals surface area contributed by atoms with Crippen LogP contribution in [0.4, 0.5) is 0 Å². The van der Waals surface area contributed by atoms with Crippen LogP contribution < -0.4 is 0 Å². The van der Waals surface area contributed by atoms with Crippen LogP contribution in [0.3, 0.4) is 0 Å². The molecule has 5 rings (SSSR count). The summed E-state index contributed by atoms with van der Waals surface area (Å²) in [5.41, 5.74) is 1.34. The average molecular weight is 417 g/mol. The van der Waals surface area contributed by atoms with Crippen LogP contribution in [-0.4, -0.2) is 50.7 Å². The van der Waals surface area contributed by atoms with Crippen molar-refractivity contribution in [1.82, 2.24) is 19.5 Å². The Morgan fingerprint density at radius 3 is 2.83 bits per heavy atom. The van der Waals surface area contributed by atoms with Crippen LogP contribution in [0.5, 0.6) is 0 Å². The maximum atomic E-state index is 6.44. The first-order valence-electron chi connectivity index (χ1n) is 9.50. The van der Waals surface area contributed by atoms with Crippen LogP contribution in [-0.2, 0) is 31.3 Å². The van der Waals surface area contributed by atoms with Gasteiger partial charge in [-0.15, -0.1) is 0 Å². The minimum atomic E-state index is -0.872. The van der Waals surface area contributed by atoms with Gasteiger partial charge in [0.2, 0.25) is 0 Å². The van der Waals surface area contributed by atoms with Crippen molar-refractivity contribution in [2.75, 3.05) is 6.61 Å². The molecule has 2 aliphatic rings. The lowest BCUT2D eigenvalue weighted by Crippen LogP contribution is -2.42. The molecule has 5 atom stereocenters. The number of aromatic nitrogens is 4. The van der Waals surface area contributed by atoms with Crippen molar-refractivity contribution in [2.24, 2.45) is 0 Å². The number of hydrogen-bond donors (Lipinski definition) is 0. The van der Waals surface area contributed by atoms with Crippen molar-refractivity contribution >= 4 is 22.8 Å². The van der Waals surface area contributed by atoms with Gasteiger partial charge in [0.25, 0.3) is 0 Å². The first kappa shape index (κ1) is 18.9. The molecule has 0 spiro atoms. The molecule has 2 saturated heterocycles. The van der Waals surface area contributed by atoms with Crippen LogP contribution in [0, 0.1) is 0 Å². The summed E-state index contributed by atoms with van der Waals surface area (Å²) in [6, 6.07) is 10.0. The molecule has 4 heterocycles. The number of rotatable bonds is 5. The Kier molecular flexibility index (Phi) is 4.76. The molecule has 0 radical (unpaired) electrons. The second-order valence-corrected chi connectivity index (χ2v) is 7.75. The molecule has 0 saturated carbocycles. The van der Waals surface area contributed by atoms with E-state index in [2.05, 4.69) is 15.0 Å². The van der Waals surface area contributed by atoms with Gasteiger partial charge in [-0.1, -0.05) is 41.9 Å². The van der Waals surface area contributed by atoms with Crippen LogP contribution in [0.2, 0.25) is 5.15 Å². The molecule has 9 heteroatoms. The van der Waals surface area contributed by atoms with Gasteiger partial charge in [0.05, 0.1) is 19.5 Å². The Morgan fingerprint density at radius 1 is 1.17 bits per heavy atom. The number of imidazole rings is 1. The summed E-state index contributed by atoms with van der Waals surface area (Å²) in [4.78, 5) is 12.7. The van der Waals surface area contributed by atoms with E-state index >= 15 is 0 Å². The van der Waals surface area contributed by atoms with E-state index in [0.717, 1.165) is 5.56 Å². The van der Waals surface area contributed by atoms with Gasteiger partial charge in [0.1, 0.15) is 30.2 Å². The summed E-state index contributed by atoms with van der Waals surface area (Å²) in [6.45, 7) is 4.71. The fourth-order valence-corrected chi connectivity index (χ4v) is 4.26. The van der Waals surface area contributed by atoms with Gasteiger partial charge >= 0.3 is 0 Å².